The van der Waals surface area contributed by atoms with Gasteiger partial charge in [0.15, 0.2) is 5.82 Å². The Hall–Kier alpha value is -2.10. The standard InChI is InChI=1S/C14H19F3N4O3/c1-10(22)20-5-7-21(8-6-20)11(23)9-13(24,14(15,16)17)12-18-3-4-19(12)2/h3-4,24H,5-9H2,1-2H3. The molecule has 2 heterocycles. The predicted molar refractivity (Wildman–Crippen MR) is 76.6 cm³/mol. The molecule has 1 atom stereocenters. The molecule has 24 heavy (non-hydrogen) atoms. The fourth-order valence-electron chi connectivity index (χ4n) is 2.67. The Labute approximate surface area is 136 Å². The number of carbonyl (C=O) groups excluding carboxylic acids is 2. The molecule has 1 N–H and O–H groups in total. The van der Waals surface area contributed by atoms with Crippen molar-refractivity contribution in [1.82, 2.24) is 19.4 Å². The van der Waals surface area contributed by atoms with Gasteiger partial charge < -0.3 is 19.5 Å². The number of halogens is 3. The van der Waals surface area contributed by atoms with Gasteiger partial charge in [0.2, 0.25) is 17.4 Å². The lowest BCUT2D eigenvalue weighted by Gasteiger charge is -2.36. The highest BCUT2D eigenvalue weighted by Gasteiger charge is 2.59. The van der Waals surface area contributed by atoms with E-state index in [1.807, 2.05) is 0 Å². The number of alkyl halides is 3. The molecular formula is C14H19F3N4O3. The van der Waals surface area contributed by atoms with E-state index in [9.17, 15) is 27.9 Å². The maximum atomic E-state index is 13.4. The molecule has 1 aliphatic heterocycles. The number of hydrogen-bond acceptors (Lipinski definition) is 4. The van der Waals surface area contributed by atoms with E-state index in [1.165, 1.54) is 30.0 Å². The van der Waals surface area contributed by atoms with Crippen LogP contribution in [0, 0.1) is 0 Å². The minimum absolute atomic E-state index is 0.132. The summed E-state index contributed by atoms with van der Waals surface area (Å²) in [7, 11) is 1.31. The topological polar surface area (TPSA) is 78.7 Å². The molecule has 1 unspecified atom stereocenters. The Morgan fingerprint density at radius 3 is 2.17 bits per heavy atom. The zero-order valence-electron chi connectivity index (χ0n) is 13.4. The van der Waals surface area contributed by atoms with Gasteiger partial charge in [-0.15, -0.1) is 0 Å². The largest absolute Gasteiger partial charge is 0.425 e. The maximum absolute atomic E-state index is 13.4. The summed E-state index contributed by atoms with van der Waals surface area (Å²) in [6.07, 6.45) is -3.81. The summed E-state index contributed by atoms with van der Waals surface area (Å²) in [5.74, 6) is -1.62. The number of aliphatic hydroxyl groups is 1. The molecule has 2 amide bonds. The molecule has 1 saturated heterocycles. The Bertz CT molecular complexity index is 623. The number of rotatable bonds is 3. The van der Waals surface area contributed by atoms with Gasteiger partial charge in [-0.25, -0.2) is 4.98 Å². The van der Waals surface area contributed by atoms with Crippen LogP contribution in [0.4, 0.5) is 13.2 Å². The summed E-state index contributed by atoms with van der Waals surface area (Å²) in [6, 6.07) is 0. The van der Waals surface area contributed by atoms with E-state index < -0.39 is 29.9 Å². The lowest BCUT2D eigenvalue weighted by molar-refractivity contribution is -0.272. The first kappa shape index (κ1) is 18.2. The number of aromatic nitrogens is 2. The van der Waals surface area contributed by atoms with E-state index in [-0.39, 0.29) is 32.1 Å². The third-order valence-electron chi connectivity index (χ3n) is 4.14. The molecule has 0 aromatic carbocycles. The van der Waals surface area contributed by atoms with Crippen molar-refractivity contribution in [3.8, 4) is 0 Å². The lowest BCUT2D eigenvalue weighted by atomic mass is 9.96. The van der Waals surface area contributed by atoms with Gasteiger partial charge in [0.1, 0.15) is 0 Å². The van der Waals surface area contributed by atoms with Crippen LogP contribution in [0.2, 0.25) is 0 Å². The molecule has 1 aromatic rings. The van der Waals surface area contributed by atoms with Crippen molar-refractivity contribution in [3.63, 3.8) is 0 Å². The number of nitrogens with zero attached hydrogens (tertiary/aromatic N) is 4. The van der Waals surface area contributed by atoms with Gasteiger partial charge in [0.05, 0.1) is 6.42 Å². The molecule has 10 heteroatoms. The molecule has 2 rings (SSSR count). The first-order chi connectivity index (χ1) is 11.1. The van der Waals surface area contributed by atoms with E-state index in [2.05, 4.69) is 4.98 Å². The van der Waals surface area contributed by atoms with E-state index in [0.29, 0.717) is 0 Å². The highest BCUT2D eigenvalue weighted by atomic mass is 19.4. The van der Waals surface area contributed by atoms with Crippen molar-refractivity contribution in [3.05, 3.63) is 18.2 Å². The quantitative estimate of drug-likeness (QED) is 0.849. The minimum atomic E-state index is -5.05. The summed E-state index contributed by atoms with van der Waals surface area (Å²) in [5.41, 5.74) is -3.36. The third kappa shape index (κ3) is 3.37. The molecule has 134 valence electrons. The number of imidazole rings is 1. The maximum Gasteiger partial charge on any atom is 0.425 e. The normalized spacial score (nSPS) is 18.4. The monoisotopic (exact) mass is 348 g/mol. The van der Waals surface area contributed by atoms with Crippen LogP contribution in [0.1, 0.15) is 19.2 Å². The van der Waals surface area contributed by atoms with Crippen LogP contribution in [0.3, 0.4) is 0 Å². The molecule has 0 aliphatic carbocycles. The third-order valence-corrected chi connectivity index (χ3v) is 4.14. The molecular weight excluding hydrogens is 329 g/mol. The summed E-state index contributed by atoms with van der Waals surface area (Å²) < 4.78 is 41.3. The smallest absolute Gasteiger partial charge is 0.374 e. The van der Waals surface area contributed by atoms with Crippen molar-refractivity contribution in [2.24, 2.45) is 7.05 Å². The van der Waals surface area contributed by atoms with Gasteiger partial charge in [-0.1, -0.05) is 0 Å². The van der Waals surface area contributed by atoms with Crippen molar-refractivity contribution < 1.29 is 27.9 Å². The fourth-order valence-corrected chi connectivity index (χ4v) is 2.67. The second-order valence-corrected chi connectivity index (χ2v) is 5.78. The Balaban J connectivity index is 2.15. The van der Waals surface area contributed by atoms with E-state index in [1.54, 1.807) is 0 Å². The van der Waals surface area contributed by atoms with E-state index in [0.717, 1.165) is 10.8 Å². The molecule has 1 aliphatic rings. The van der Waals surface area contributed by atoms with Crippen LogP contribution in [0.25, 0.3) is 0 Å². The van der Waals surface area contributed by atoms with E-state index in [4.69, 9.17) is 0 Å². The summed E-state index contributed by atoms with van der Waals surface area (Å²) >= 11 is 0. The lowest BCUT2D eigenvalue weighted by Crippen LogP contribution is -2.53. The van der Waals surface area contributed by atoms with Crippen molar-refractivity contribution in [1.29, 1.82) is 0 Å². The van der Waals surface area contributed by atoms with E-state index >= 15 is 0 Å². The molecule has 1 fully saturated rings. The summed E-state index contributed by atoms with van der Waals surface area (Å²) in [6.45, 7) is 2.17. The molecule has 0 bridgehead atoms. The molecule has 0 spiro atoms. The number of amides is 2. The zero-order valence-corrected chi connectivity index (χ0v) is 13.4. The first-order valence-electron chi connectivity index (χ1n) is 7.36. The Morgan fingerprint density at radius 1 is 1.21 bits per heavy atom. The van der Waals surface area contributed by atoms with Crippen molar-refractivity contribution in [2.75, 3.05) is 26.2 Å². The van der Waals surface area contributed by atoms with Crippen LogP contribution in [-0.2, 0) is 22.2 Å². The molecule has 1 aromatic heterocycles. The average Bonchev–Trinajstić information content (AvgIpc) is 2.92. The summed E-state index contributed by atoms with van der Waals surface area (Å²) in [4.78, 5) is 29.8. The van der Waals surface area contributed by atoms with Gasteiger partial charge in [-0.05, 0) is 0 Å². The Kier molecular flexibility index (Phi) is 4.88. The van der Waals surface area contributed by atoms with Crippen LogP contribution >= 0.6 is 0 Å². The van der Waals surface area contributed by atoms with Crippen LogP contribution in [0.15, 0.2) is 12.4 Å². The number of piperazine rings is 1. The van der Waals surface area contributed by atoms with Gasteiger partial charge in [0, 0.05) is 52.5 Å². The van der Waals surface area contributed by atoms with Crippen LogP contribution in [0.5, 0.6) is 0 Å². The predicted octanol–water partition coefficient (Wildman–Crippen LogP) is 0.251. The average molecular weight is 348 g/mol. The number of hydrogen-bond donors (Lipinski definition) is 1. The number of aryl methyl sites for hydroxylation is 1. The molecule has 0 saturated carbocycles. The zero-order chi connectivity index (χ0) is 18.1. The van der Waals surface area contributed by atoms with Crippen LogP contribution in [-0.4, -0.2) is 68.6 Å². The summed E-state index contributed by atoms with van der Waals surface area (Å²) in [5, 5.41) is 10.2. The number of carbonyl (C=O) groups is 2. The van der Waals surface area contributed by atoms with Crippen LogP contribution < -0.4 is 0 Å². The second kappa shape index (κ2) is 6.42. The SMILES string of the molecule is CC(=O)N1CCN(C(=O)CC(O)(c2nccn2C)C(F)(F)F)CC1. The highest BCUT2D eigenvalue weighted by molar-refractivity contribution is 5.78. The minimum Gasteiger partial charge on any atom is -0.374 e. The van der Waals surface area contributed by atoms with Gasteiger partial charge >= 0.3 is 6.18 Å². The first-order valence-corrected chi connectivity index (χ1v) is 7.36. The Morgan fingerprint density at radius 2 is 1.75 bits per heavy atom. The van der Waals surface area contributed by atoms with Gasteiger partial charge in [-0.3, -0.25) is 9.59 Å². The second-order valence-electron chi connectivity index (χ2n) is 5.78. The van der Waals surface area contributed by atoms with Crippen molar-refractivity contribution >= 4 is 11.8 Å². The molecule has 0 radical (unpaired) electrons. The molecule has 7 nitrogen and oxygen atoms in total. The highest BCUT2D eigenvalue weighted by Crippen LogP contribution is 2.41. The van der Waals surface area contributed by atoms with Gasteiger partial charge in [0.25, 0.3) is 0 Å². The van der Waals surface area contributed by atoms with Gasteiger partial charge in [-0.2, -0.15) is 13.2 Å². The van der Waals surface area contributed by atoms with Crippen molar-refractivity contribution in [2.45, 2.75) is 25.1 Å². The fraction of sp³-hybridized carbons (Fsp3) is 0.643.